The zero-order valence-corrected chi connectivity index (χ0v) is 24.1. The van der Waals surface area contributed by atoms with Crippen molar-refractivity contribution in [2.75, 3.05) is 13.2 Å². The van der Waals surface area contributed by atoms with Gasteiger partial charge in [0.05, 0.1) is 28.5 Å². The second-order valence-corrected chi connectivity index (χ2v) is 10.6. The van der Waals surface area contributed by atoms with Crippen LogP contribution in [0.25, 0.3) is 11.8 Å². The normalized spacial score (nSPS) is 15.0. The van der Waals surface area contributed by atoms with Gasteiger partial charge in [-0.25, -0.2) is 14.2 Å². The van der Waals surface area contributed by atoms with Crippen LogP contribution in [0.2, 0.25) is 0 Å². The van der Waals surface area contributed by atoms with Crippen molar-refractivity contribution in [2.24, 2.45) is 4.99 Å². The maximum atomic E-state index is 14.0. The van der Waals surface area contributed by atoms with E-state index in [0.29, 0.717) is 33.0 Å². The van der Waals surface area contributed by atoms with Crippen molar-refractivity contribution in [3.05, 3.63) is 127 Å². The second kappa shape index (κ2) is 11.5. The van der Waals surface area contributed by atoms with Crippen LogP contribution in [0.4, 0.5) is 4.39 Å². The largest absolute Gasteiger partial charge is 0.490 e. The molecule has 0 N–H and O–H groups in total. The van der Waals surface area contributed by atoms with Gasteiger partial charge in [0, 0.05) is 17.1 Å². The highest BCUT2D eigenvalue weighted by Gasteiger charge is 2.33. The van der Waals surface area contributed by atoms with Gasteiger partial charge in [-0.15, -0.1) is 0 Å². The number of ether oxygens (including phenoxy) is 2. The van der Waals surface area contributed by atoms with Gasteiger partial charge < -0.3 is 14.0 Å². The third-order valence-corrected chi connectivity index (χ3v) is 7.91. The first-order valence-corrected chi connectivity index (χ1v) is 14.0. The Bertz CT molecular complexity index is 1840. The molecule has 7 nitrogen and oxygen atoms in total. The number of benzene rings is 2. The van der Waals surface area contributed by atoms with Crippen molar-refractivity contribution in [1.82, 2.24) is 9.13 Å². The molecule has 3 heterocycles. The van der Waals surface area contributed by atoms with Crippen LogP contribution in [0.5, 0.6) is 5.75 Å². The number of aromatic nitrogens is 2. The molecule has 0 unspecified atom stereocenters. The molecule has 0 amide bonds. The quantitative estimate of drug-likeness (QED) is 0.223. The number of rotatable bonds is 8. The predicted molar refractivity (Wildman–Crippen MR) is 158 cm³/mol. The Kier molecular flexibility index (Phi) is 7.90. The van der Waals surface area contributed by atoms with Crippen molar-refractivity contribution in [2.45, 2.75) is 33.7 Å². The molecular formula is C32H30FN3O4S. The molecule has 2 aromatic heterocycles. The second-order valence-electron chi connectivity index (χ2n) is 9.61. The van der Waals surface area contributed by atoms with Crippen molar-refractivity contribution >= 4 is 23.4 Å². The van der Waals surface area contributed by atoms with Crippen molar-refractivity contribution in [3.8, 4) is 11.4 Å². The van der Waals surface area contributed by atoms with Crippen LogP contribution in [0, 0.1) is 19.7 Å². The smallest absolute Gasteiger partial charge is 0.338 e. The lowest BCUT2D eigenvalue weighted by Crippen LogP contribution is -2.39. The summed E-state index contributed by atoms with van der Waals surface area (Å²) in [5.41, 5.74) is 4.85. The molecule has 0 spiro atoms. The fourth-order valence-corrected chi connectivity index (χ4v) is 6.11. The molecule has 5 rings (SSSR count). The van der Waals surface area contributed by atoms with Gasteiger partial charge in [0.2, 0.25) is 0 Å². The van der Waals surface area contributed by atoms with Gasteiger partial charge >= 0.3 is 5.97 Å². The summed E-state index contributed by atoms with van der Waals surface area (Å²) < 4.78 is 28.6. The monoisotopic (exact) mass is 571 g/mol. The zero-order chi connectivity index (χ0) is 29.3. The highest BCUT2D eigenvalue weighted by atomic mass is 32.1. The van der Waals surface area contributed by atoms with Gasteiger partial charge in [-0.2, -0.15) is 0 Å². The van der Waals surface area contributed by atoms with E-state index in [4.69, 9.17) is 9.47 Å². The molecule has 210 valence electrons. The minimum absolute atomic E-state index is 0.199. The number of carbonyl (C=O) groups is 1. The molecule has 1 atom stereocenters. The molecule has 0 saturated carbocycles. The molecule has 0 bridgehead atoms. The van der Waals surface area contributed by atoms with Crippen molar-refractivity contribution in [1.29, 1.82) is 0 Å². The molecule has 0 radical (unpaired) electrons. The standard InChI is InChI=1S/C32H30FN3O4S/c1-6-16-40-26-14-8-22(9-15-26)29-28(31(38)39-7-2)20(4)34-32-36(29)30(37)27(41-32)18-23-17-19(3)35(21(23)5)25-12-10-24(33)11-13-25/h6,8-15,17-18,29H,1,7,16H2,2-5H3/b27-18-/t29-/m1/s1. The van der Waals surface area contributed by atoms with E-state index >= 15 is 0 Å². The van der Waals surface area contributed by atoms with Gasteiger partial charge in [0.1, 0.15) is 18.2 Å². The van der Waals surface area contributed by atoms with E-state index in [-0.39, 0.29) is 18.0 Å². The number of hydrogen-bond acceptors (Lipinski definition) is 6. The van der Waals surface area contributed by atoms with E-state index in [9.17, 15) is 14.0 Å². The lowest BCUT2D eigenvalue weighted by atomic mass is 9.96. The maximum absolute atomic E-state index is 14.0. The fourth-order valence-electron chi connectivity index (χ4n) is 5.07. The van der Waals surface area contributed by atoms with Crippen LogP contribution < -0.4 is 19.6 Å². The SMILES string of the molecule is C=CCOc1ccc([C@@H]2C(C(=O)OCC)=C(C)N=c3s/c(=C\c4cc(C)n(-c5ccc(F)cc5)c4C)c(=O)n32)cc1. The summed E-state index contributed by atoms with van der Waals surface area (Å²) in [6.45, 7) is 11.7. The Hall–Kier alpha value is -4.50. The predicted octanol–water partition coefficient (Wildman–Crippen LogP) is 4.91. The van der Waals surface area contributed by atoms with E-state index in [1.165, 1.54) is 23.5 Å². The number of halogens is 1. The number of hydrogen-bond donors (Lipinski definition) is 0. The van der Waals surface area contributed by atoms with E-state index < -0.39 is 12.0 Å². The summed E-state index contributed by atoms with van der Waals surface area (Å²) in [6, 6.07) is 14.9. The minimum atomic E-state index is -0.715. The van der Waals surface area contributed by atoms with Crippen molar-refractivity contribution in [3.63, 3.8) is 0 Å². The minimum Gasteiger partial charge on any atom is -0.490 e. The van der Waals surface area contributed by atoms with E-state index in [2.05, 4.69) is 11.6 Å². The summed E-state index contributed by atoms with van der Waals surface area (Å²) in [5.74, 6) is -0.165. The molecule has 4 aromatic rings. The zero-order valence-electron chi connectivity index (χ0n) is 23.3. The lowest BCUT2D eigenvalue weighted by Gasteiger charge is -2.24. The average molecular weight is 572 g/mol. The summed E-state index contributed by atoms with van der Waals surface area (Å²) in [4.78, 5) is 32.3. The van der Waals surface area contributed by atoms with E-state index in [1.807, 2.05) is 42.7 Å². The topological polar surface area (TPSA) is 74.8 Å². The number of nitrogens with zero attached hydrogens (tertiary/aromatic N) is 3. The lowest BCUT2D eigenvalue weighted by molar-refractivity contribution is -0.139. The summed E-state index contributed by atoms with van der Waals surface area (Å²) in [7, 11) is 0. The third kappa shape index (κ3) is 5.32. The van der Waals surface area contributed by atoms with Crippen LogP contribution in [0.3, 0.4) is 0 Å². The Morgan fingerprint density at radius 2 is 1.83 bits per heavy atom. The highest BCUT2D eigenvalue weighted by Crippen LogP contribution is 2.32. The van der Waals surface area contributed by atoms with Gasteiger partial charge in [-0.1, -0.05) is 36.1 Å². The van der Waals surface area contributed by atoms with Crippen LogP contribution in [-0.2, 0) is 9.53 Å². The Morgan fingerprint density at radius 1 is 1.12 bits per heavy atom. The van der Waals surface area contributed by atoms with Gasteiger partial charge in [0.25, 0.3) is 5.56 Å². The number of thiazole rings is 1. The third-order valence-electron chi connectivity index (χ3n) is 6.92. The molecular weight excluding hydrogens is 541 g/mol. The number of carbonyl (C=O) groups excluding carboxylic acids is 1. The number of allylic oxidation sites excluding steroid dienone is 1. The first-order valence-electron chi connectivity index (χ1n) is 13.2. The molecule has 0 fully saturated rings. The van der Waals surface area contributed by atoms with Crippen LogP contribution in [0.1, 0.15) is 42.4 Å². The Morgan fingerprint density at radius 3 is 2.49 bits per heavy atom. The molecule has 9 heteroatoms. The summed E-state index contributed by atoms with van der Waals surface area (Å²) >= 11 is 1.27. The van der Waals surface area contributed by atoms with Crippen LogP contribution in [-0.4, -0.2) is 28.3 Å². The molecule has 0 saturated heterocycles. The number of esters is 1. The van der Waals surface area contributed by atoms with Crippen LogP contribution >= 0.6 is 11.3 Å². The Labute approximate surface area is 240 Å². The van der Waals surface area contributed by atoms with E-state index in [0.717, 1.165) is 28.2 Å². The van der Waals surface area contributed by atoms with Gasteiger partial charge in [-0.3, -0.25) is 9.36 Å². The molecule has 1 aliphatic heterocycles. The first kappa shape index (κ1) is 28.0. The van der Waals surface area contributed by atoms with Gasteiger partial charge in [-0.05, 0) is 87.4 Å². The van der Waals surface area contributed by atoms with Gasteiger partial charge in [0.15, 0.2) is 4.80 Å². The molecule has 0 aliphatic carbocycles. The molecule has 2 aromatic carbocycles. The average Bonchev–Trinajstić information content (AvgIpc) is 3.41. The Balaban J connectivity index is 1.65. The molecule has 41 heavy (non-hydrogen) atoms. The molecule has 1 aliphatic rings. The summed E-state index contributed by atoms with van der Waals surface area (Å²) in [5, 5.41) is 0. The summed E-state index contributed by atoms with van der Waals surface area (Å²) in [6.07, 6.45) is 3.51. The maximum Gasteiger partial charge on any atom is 0.338 e. The highest BCUT2D eigenvalue weighted by molar-refractivity contribution is 7.07. The van der Waals surface area contributed by atoms with E-state index in [1.54, 1.807) is 48.8 Å². The first-order chi connectivity index (χ1) is 19.7. The number of fused-ring (bicyclic) bond motifs is 1. The fraction of sp³-hybridized carbons (Fsp3) is 0.219. The number of aryl methyl sites for hydroxylation is 1. The van der Waals surface area contributed by atoms with Crippen molar-refractivity contribution < 1.29 is 18.7 Å². The van der Waals surface area contributed by atoms with Crippen LogP contribution in [0.15, 0.2) is 88.3 Å².